The summed E-state index contributed by atoms with van der Waals surface area (Å²) in [5.41, 5.74) is 3.39. The minimum Gasteiger partial charge on any atom is -0.336 e. The lowest BCUT2D eigenvalue weighted by Crippen LogP contribution is -2.44. The second kappa shape index (κ2) is 6.92. The average molecular weight is 352 g/mol. The third-order valence-corrected chi connectivity index (χ3v) is 5.87. The highest BCUT2D eigenvalue weighted by atomic mass is 32.2. The Balaban J connectivity index is 1.53. The van der Waals surface area contributed by atoms with E-state index in [1.807, 2.05) is 41.3 Å². The SMILES string of the molecule is O=C(CN1C(=O)CCSc2ccccc21)N1CCc2ccccc2C1. The highest BCUT2D eigenvalue weighted by molar-refractivity contribution is 7.99. The van der Waals surface area contributed by atoms with Gasteiger partial charge in [0.2, 0.25) is 11.8 Å². The Morgan fingerprint density at radius 2 is 1.76 bits per heavy atom. The summed E-state index contributed by atoms with van der Waals surface area (Å²) in [7, 11) is 0. The number of hydrogen-bond donors (Lipinski definition) is 0. The van der Waals surface area contributed by atoms with E-state index in [-0.39, 0.29) is 18.4 Å². The summed E-state index contributed by atoms with van der Waals surface area (Å²) in [6.07, 6.45) is 1.34. The molecule has 0 fully saturated rings. The van der Waals surface area contributed by atoms with Gasteiger partial charge in [-0.3, -0.25) is 9.59 Å². The molecule has 0 radical (unpaired) electrons. The van der Waals surface area contributed by atoms with Crippen molar-refractivity contribution in [3.8, 4) is 0 Å². The molecule has 0 saturated carbocycles. The zero-order valence-electron chi connectivity index (χ0n) is 14.0. The fraction of sp³-hybridized carbons (Fsp3) is 0.300. The van der Waals surface area contributed by atoms with E-state index in [0.29, 0.717) is 19.5 Å². The number of para-hydroxylation sites is 1. The number of rotatable bonds is 2. The Kier molecular flexibility index (Phi) is 4.49. The van der Waals surface area contributed by atoms with Crippen molar-refractivity contribution in [1.82, 2.24) is 4.90 Å². The number of carbonyl (C=O) groups excluding carboxylic acids is 2. The molecule has 2 aliphatic rings. The van der Waals surface area contributed by atoms with Gasteiger partial charge in [-0.1, -0.05) is 36.4 Å². The predicted octanol–water partition coefficient (Wildman–Crippen LogP) is 3.10. The van der Waals surface area contributed by atoms with Gasteiger partial charge in [0.05, 0.1) is 5.69 Å². The maximum absolute atomic E-state index is 12.9. The van der Waals surface area contributed by atoms with Crippen LogP contribution < -0.4 is 4.90 Å². The highest BCUT2D eigenvalue weighted by Gasteiger charge is 2.27. The van der Waals surface area contributed by atoms with E-state index in [2.05, 4.69) is 12.1 Å². The van der Waals surface area contributed by atoms with Crippen molar-refractivity contribution in [1.29, 1.82) is 0 Å². The molecule has 2 aromatic rings. The quantitative estimate of drug-likeness (QED) is 0.834. The Morgan fingerprint density at radius 1 is 1.00 bits per heavy atom. The number of nitrogens with zero attached hydrogens (tertiary/aromatic N) is 2. The summed E-state index contributed by atoms with van der Waals surface area (Å²) >= 11 is 1.68. The van der Waals surface area contributed by atoms with Gasteiger partial charge in [0.15, 0.2) is 0 Å². The summed E-state index contributed by atoms with van der Waals surface area (Å²) in [5, 5.41) is 0. The van der Waals surface area contributed by atoms with Gasteiger partial charge in [-0.25, -0.2) is 0 Å². The molecule has 0 aliphatic carbocycles. The Morgan fingerprint density at radius 3 is 2.64 bits per heavy atom. The standard InChI is InChI=1S/C20H20N2O2S/c23-19-10-12-25-18-8-4-3-7-17(18)22(19)14-20(24)21-11-9-15-5-1-2-6-16(15)13-21/h1-8H,9-14H2. The van der Waals surface area contributed by atoms with Gasteiger partial charge < -0.3 is 9.80 Å². The molecule has 0 N–H and O–H groups in total. The second-order valence-electron chi connectivity index (χ2n) is 6.38. The third-order valence-electron chi connectivity index (χ3n) is 4.81. The summed E-state index contributed by atoms with van der Waals surface area (Å²) < 4.78 is 0. The van der Waals surface area contributed by atoms with Gasteiger partial charge in [-0.05, 0) is 29.7 Å². The van der Waals surface area contributed by atoms with Crippen molar-refractivity contribution in [2.75, 3.05) is 23.7 Å². The molecule has 25 heavy (non-hydrogen) atoms. The third kappa shape index (κ3) is 3.29. The van der Waals surface area contributed by atoms with Crippen molar-refractivity contribution >= 4 is 29.3 Å². The summed E-state index contributed by atoms with van der Waals surface area (Å²) in [6, 6.07) is 16.1. The molecule has 0 unspecified atom stereocenters. The molecule has 2 amide bonds. The lowest BCUT2D eigenvalue weighted by molar-refractivity contribution is -0.132. The minimum absolute atomic E-state index is 0.0181. The number of hydrogen-bond acceptors (Lipinski definition) is 3. The monoisotopic (exact) mass is 352 g/mol. The van der Waals surface area contributed by atoms with Crippen molar-refractivity contribution in [3.05, 3.63) is 59.7 Å². The normalized spacial score (nSPS) is 16.9. The molecule has 4 nitrogen and oxygen atoms in total. The first-order valence-electron chi connectivity index (χ1n) is 8.59. The Labute approximate surface area is 151 Å². The molecule has 0 atom stereocenters. The summed E-state index contributed by atoms with van der Waals surface area (Å²) in [5.74, 6) is 0.810. The minimum atomic E-state index is 0.0181. The molecule has 2 heterocycles. The molecule has 0 spiro atoms. The summed E-state index contributed by atoms with van der Waals surface area (Å²) in [4.78, 5) is 30.0. The van der Waals surface area contributed by atoms with Crippen LogP contribution in [0.4, 0.5) is 5.69 Å². The lowest BCUT2D eigenvalue weighted by atomic mass is 10.00. The van der Waals surface area contributed by atoms with Crippen molar-refractivity contribution in [2.45, 2.75) is 24.3 Å². The fourth-order valence-electron chi connectivity index (χ4n) is 3.44. The lowest BCUT2D eigenvalue weighted by Gasteiger charge is -2.31. The van der Waals surface area contributed by atoms with Crippen LogP contribution in [0, 0.1) is 0 Å². The molecule has 128 valence electrons. The van der Waals surface area contributed by atoms with E-state index in [0.717, 1.165) is 22.8 Å². The number of fused-ring (bicyclic) bond motifs is 2. The van der Waals surface area contributed by atoms with Crippen LogP contribution in [0.5, 0.6) is 0 Å². The molecular weight excluding hydrogens is 332 g/mol. The van der Waals surface area contributed by atoms with Crippen LogP contribution >= 0.6 is 11.8 Å². The van der Waals surface area contributed by atoms with E-state index in [9.17, 15) is 9.59 Å². The first-order valence-corrected chi connectivity index (χ1v) is 9.58. The highest BCUT2D eigenvalue weighted by Crippen LogP contribution is 2.34. The number of benzene rings is 2. The molecule has 5 heteroatoms. The average Bonchev–Trinajstić information content (AvgIpc) is 2.80. The summed E-state index contributed by atoms with van der Waals surface area (Å²) in [6.45, 7) is 1.47. The second-order valence-corrected chi connectivity index (χ2v) is 7.52. The van der Waals surface area contributed by atoms with Crippen molar-refractivity contribution in [2.24, 2.45) is 0 Å². The van der Waals surface area contributed by atoms with Gasteiger partial charge in [0, 0.05) is 30.2 Å². The van der Waals surface area contributed by atoms with Crippen LogP contribution in [-0.4, -0.2) is 35.6 Å². The maximum atomic E-state index is 12.9. The zero-order chi connectivity index (χ0) is 17.2. The topological polar surface area (TPSA) is 40.6 Å². The van der Waals surface area contributed by atoms with Crippen LogP contribution in [-0.2, 0) is 22.6 Å². The van der Waals surface area contributed by atoms with Crippen LogP contribution in [0.25, 0.3) is 0 Å². The largest absolute Gasteiger partial charge is 0.336 e. The van der Waals surface area contributed by atoms with E-state index in [4.69, 9.17) is 0 Å². The molecule has 0 bridgehead atoms. The number of amides is 2. The number of carbonyl (C=O) groups is 2. The van der Waals surface area contributed by atoms with Crippen molar-refractivity contribution < 1.29 is 9.59 Å². The first-order chi connectivity index (χ1) is 12.2. The van der Waals surface area contributed by atoms with Gasteiger partial charge in [0.25, 0.3) is 0 Å². The number of anilines is 1. The van der Waals surface area contributed by atoms with Gasteiger partial charge in [-0.2, -0.15) is 0 Å². The first kappa shape index (κ1) is 16.2. The molecule has 2 aromatic carbocycles. The Hall–Kier alpha value is -2.27. The molecule has 0 saturated heterocycles. The predicted molar refractivity (Wildman–Crippen MR) is 99.7 cm³/mol. The zero-order valence-corrected chi connectivity index (χ0v) is 14.8. The van der Waals surface area contributed by atoms with Crippen LogP contribution in [0.1, 0.15) is 17.5 Å². The fourth-order valence-corrected chi connectivity index (χ4v) is 4.43. The molecular formula is C20H20N2O2S. The van der Waals surface area contributed by atoms with Crippen LogP contribution in [0.3, 0.4) is 0 Å². The van der Waals surface area contributed by atoms with E-state index in [1.54, 1.807) is 16.7 Å². The van der Waals surface area contributed by atoms with E-state index in [1.165, 1.54) is 11.1 Å². The molecule has 2 aliphatic heterocycles. The van der Waals surface area contributed by atoms with Gasteiger partial charge >= 0.3 is 0 Å². The Bertz CT molecular complexity index is 821. The van der Waals surface area contributed by atoms with Crippen LogP contribution in [0.2, 0.25) is 0 Å². The smallest absolute Gasteiger partial charge is 0.242 e. The van der Waals surface area contributed by atoms with Crippen molar-refractivity contribution in [3.63, 3.8) is 0 Å². The number of thioether (sulfide) groups is 1. The molecule has 4 rings (SSSR count). The van der Waals surface area contributed by atoms with Crippen LogP contribution in [0.15, 0.2) is 53.4 Å². The maximum Gasteiger partial charge on any atom is 0.242 e. The van der Waals surface area contributed by atoms with Gasteiger partial charge in [0.1, 0.15) is 6.54 Å². The van der Waals surface area contributed by atoms with E-state index >= 15 is 0 Å². The van der Waals surface area contributed by atoms with Gasteiger partial charge in [-0.15, -0.1) is 11.8 Å². The molecule has 0 aromatic heterocycles. The van der Waals surface area contributed by atoms with E-state index < -0.39 is 0 Å².